The fourth-order valence-electron chi connectivity index (χ4n) is 4.64. The third-order valence-corrected chi connectivity index (χ3v) is 7.03. The van der Waals surface area contributed by atoms with E-state index in [0.717, 1.165) is 34.4 Å². The van der Waals surface area contributed by atoms with Crippen LogP contribution in [-0.4, -0.2) is 39.8 Å². The maximum absolute atomic E-state index is 14.0. The van der Waals surface area contributed by atoms with Gasteiger partial charge in [-0.15, -0.1) is 5.10 Å². The van der Waals surface area contributed by atoms with E-state index in [2.05, 4.69) is 20.7 Å². The van der Waals surface area contributed by atoms with E-state index in [1.54, 1.807) is 55.9 Å². The summed E-state index contributed by atoms with van der Waals surface area (Å²) in [5.74, 6) is -0.645. The number of benzene rings is 3. The molecular weight excluding hydrogens is 556 g/mol. The van der Waals surface area contributed by atoms with Crippen molar-refractivity contribution in [3.8, 4) is 22.6 Å². The summed E-state index contributed by atoms with van der Waals surface area (Å²) in [7, 11) is 3.02. The van der Waals surface area contributed by atoms with Crippen LogP contribution in [0.15, 0.2) is 66.9 Å². The maximum Gasteiger partial charge on any atom is 0.255 e. The number of halogens is 2. The van der Waals surface area contributed by atoms with Gasteiger partial charge in [0.25, 0.3) is 5.91 Å². The minimum absolute atomic E-state index is 0.107. The van der Waals surface area contributed by atoms with E-state index in [-0.39, 0.29) is 17.7 Å². The third kappa shape index (κ3) is 6.26. The van der Waals surface area contributed by atoms with Gasteiger partial charge in [-0.3, -0.25) is 4.79 Å². The molecule has 5 aromatic rings. The average Bonchev–Trinajstić information content (AvgIpc) is 3.38. The Balaban J connectivity index is 1.37. The number of carbonyl (C=O) groups excluding carboxylic acids is 1. The first kappa shape index (κ1) is 29.5. The Kier molecular flexibility index (Phi) is 8.01. The number of pyridine rings is 1. The number of aliphatic hydroxyl groups is 1. The van der Waals surface area contributed by atoms with E-state index < -0.39 is 23.1 Å². The minimum atomic E-state index is -1.03. The summed E-state index contributed by atoms with van der Waals surface area (Å²) >= 11 is 0. The molecule has 3 aromatic carbocycles. The van der Waals surface area contributed by atoms with E-state index in [1.165, 1.54) is 13.2 Å². The van der Waals surface area contributed by atoms with Crippen molar-refractivity contribution in [1.82, 2.24) is 19.9 Å². The van der Waals surface area contributed by atoms with Crippen LogP contribution in [0.4, 0.5) is 20.4 Å². The Morgan fingerprint density at radius 2 is 1.72 bits per heavy atom. The molecule has 2 aromatic heterocycles. The van der Waals surface area contributed by atoms with Gasteiger partial charge in [0.05, 0.1) is 31.1 Å². The summed E-state index contributed by atoms with van der Waals surface area (Å²) in [6.07, 6.45) is 1.81. The second-order valence-corrected chi connectivity index (χ2v) is 10.5. The molecule has 1 amide bonds. The molecule has 0 aliphatic carbocycles. The second-order valence-electron chi connectivity index (χ2n) is 10.5. The molecule has 0 bridgehead atoms. The Labute approximate surface area is 247 Å². The number of nitrogens with one attached hydrogen (secondary N) is 2. The highest BCUT2D eigenvalue weighted by molar-refractivity contribution is 5.97. The van der Waals surface area contributed by atoms with Crippen LogP contribution in [-0.2, 0) is 12.1 Å². The van der Waals surface area contributed by atoms with E-state index >= 15 is 0 Å². The number of anilines is 2. The lowest BCUT2D eigenvalue weighted by atomic mass is 9.95. The van der Waals surface area contributed by atoms with Crippen molar-refractivity contribution in [2.24, 2.45) is 0 Å². The highest BCUT2D eigenvalue weighted by Gasteiger charge is 2.21. The van der Waals surface area contributed by atoms with Crippen LogP contribution in [0, 0.1) is 18.6 Å². The number of ether oxygens (including phenoxy) is 2. The van der Waals surface area contributed by atoms with E-state index in [9.17, 15) is 18.7 Å². The summed E-state index contributed by atoms with van der Waals surface area (Å²) in [4.78, 5) is 17.4. The Bertz CT molecular complexity index is 1830. The van der Waals surface area contributed by atoms with E-state index in [0.29, 0.717) is 28.8 Å². The largest absolute Gasteiger partial charge is 0.496 e. The number of methoxy groups -OCH3 is 2. The molecule has 0 spiro atoms. The first-order valence-electron chi connectivity index (χ1n) is 13.4. The van der Waals surface area contributed by atoms with Gasteiger partial charge >= 0.3 is 0 Å². The van der Waals surface area contributed by atoms with Crippen LogP contribution in [0.1, 0.15) is 40.9 Å². The lowest BCUT2D eigenvalue weighted by Gasteiger charge is -2.21. The number of amides is 1. The van der Waals surface area contributed by atoms with Crippen LogP contribution in [0.3, 0.4) is 0 Å². The normalized spacial score (nSPS) is 11.4. The molecule has 0 aliphatic rings. The summed E-state index contributed by atoms with van der Waals surface area (Å²) in [5, 5.41) is 20.9. The van der Waals surface area contributed by atoms with Crippen molar-refractivity contribution >= 4 is 23.2 Å². The lowest BCUT2D eigenvalue weighted by molar-refractivity contribution is 0.0782. The molecule has 0 saturated heterocycles. The monoisotopic (exact) mass is 587 g/mol. The van der Waals surface area contributed by atoms with Gasteiger partial charge in [0.2, 0.25) is 5.95 Å². The van der Waals surface area contributed by atoms with Crippen LogP contribution >= 0.6 is 0 Å². The van der Waals surface area contributed by atoms with Gasteiger partial charge in [-0.1, -0.05) is 18.2 Å². The number of aromatic nitrogens is 3. The fraction of sp³-hybridized carbons (Fsp3) is 0.219. The van der Waals surface area contributed by atoms with Crippen molar-refractivity contribution in [2.45, 2.75) is 32.9 Å². The quantitative estimate of drug-likeness (QED) is 0.197. The fourth-order valence-corrected chi connectivity index (χ4v) is 4.64. The highest BCUT2D eigenvalue weighted by atomic mass is 19.1. The Morgan fingerprint density at radius 3 is 2.42 bits per heavy atom. The van der Waals surface area contributed by atoms with Gasteiger partial charge < -0.3 is 25.2 Å². The van der Waals surface area contributed by atoms with Crippen LogP contribution < -0.4 is 20.1 Å². The molecule has 0 radical (unpaired) electrons. The van der Waals surface area contributed by atoms with Crippen molar-refractivity contribution in [2.75, 3.05) is 19.5 Å². The van der Waals surface area contributed by atoms with Crippen molar-refractivity contribution in [3.05, 3.63) is 101 Å². The van der Waals surface area contributed by atoms with Gasteiger partial charge in [0.1, 0.15) is 23.1 Å². The topological polar surface area (TPSA) is 110 Å². The van der Waals surface area contributed by atoms with Gasteiger partial charge in [0, 0.05) is 29.9 Å². The Morgan fingerprint density at radius 1 is 0.977 bits per heavy atom. The number of hydrogen-bond donors (Lipinski definition) is 3. The first-order valence-corrected chi connectivity index (χ1v) is 13.4. The van der Waals surface area contributed by atoms with Gasteiger partial charge in [-0.25, -0.2) is 13.3 Å². The predicted octanol–water partition coefficient (Wildman–Crippen LogP) is 5.90. The molecule has 0 fully saturated rings. The summed E-state index contributed by atoms with van der Waals surface area (Å²) < 4.78 is 39.8. The second kappa shape index (κ2) is 11.7. The highest BCUT2D eigenvalue weighted by Crippen LogP contribution is 2.35. The lowest BCUT2D eigenvalue weighted by Crippen LogP contribution is -2.24. The van der Waals surface area contributed by atoms with Gasteiger partial charge in [-0.05, 0) is 73.9 Å². The summed E-state index contributed by atoms with van der Waals surface area (Å²) in [5.41, 5.74) is 3.84. The molecule has 2 heterocycles. The van der Waals surface area contributed by atoms with Crippen LogP contribution in [0.2, 0.25) is 0 Å². The maximum atomic E-state index is 14.0. The molecule has 5 rings (SSSR count). The number of carbonyl (C=O) groups is 1. The number of rotatable bonds is 9. The molecule has 0 aliphatic heterocycles. The molecule has 9 nitrogen and oxygen atoms in total. The smallest absolute Gasteiger partial charge is 0.255 e. The molecule has 0 atom stereocenters. The molecule has 222 valence electrons. The predicted molar refractivity (Wildman–Crippen MR) is 159 cm³/mol. The molecule has 11 heteroatoms. The average molecular weight is 588 g/mol. The number of aryl methyl sites for hydroxylation is 1. The zero-order valence-electron chi connectivity index (χ0n) is 24.3. The van der Waals surface area contributed by atoms with Crippen molar-refractivity contribution < 1.29 is 28.2 Å². The molecular formula is C32H31F2N5O4. The zero-order valence-corrected chi connectivity index (χ0v) is 24.3. The molecule has 0 unspecified atom stereocenters. The molecule has 0 saturated carbocycles. The number of nitrogens with zero attached hydrogens (tertiary/aromatic N) is 3. The Hall–Kier alpha value is -5.03. The van der Waals surface area contributed by atoms with Crippen LogP contribution in [0.25, 0.3) is 16.8 Å². The van der Waals surface area contributed by atoms with Crippen molar-refractivity contribution in [1.29, 1.82) is 0 Å². The number of hydrogen-bond acceptors (Lipinski definition) is 7. The standard InChI is InChI=1S/C32H31F2N5O4/c1-18-12-22(32(2,3)41)14-27(43-5)29(18)37-31-36-28-11-8-21(17-39(28)38-31)19-7-10-24(26(13-19)42-4)30(40)35-16-20-6-9-23(33)15-25(20)34/h6-15,17,41H,16H2,1-5H3,(H,35,40)(H,37,38). The third-order valence-electron chi connectivity index (χ3n) is 7.03. The van der Waals surface area contributed by atoms with Crippen molar-refractivity contribution in [3.63, 3.8) is 0 Å². The SMILES string of the molecule is COc1cc(-c2ccc3nc(Nc4c(C)cc(C(C)(C)O)cc4OC)nn3c2)ccc1C(=O)NCc1ccc(F)cc1F. The number of fused-ring (bicyclic) bond motifs is 1. The van der Waals surface area contributed by atoms with Gasteiger partial charge in [-0.2, -0.15) is 4.98 Å². The molecule has 43 heavy (non-hydrogen) atoms. The van der Waals surface area contributed by atoms with Gasteiger partial charge in [0.15, 0.2) is 5.65 Å². The van der Waals surface area contributed by atoms with E-state index in [1.807, 2.05) is 25.1 Å². The molecule has 3 N–H and O–H groups in total. The zero-order chi connectivity index (χ0) is 30.9. The minimum Gasteiger partial charge on any atom is -0.496 e. The van der Waals surface area contributed by atoms with Crippen LogP contribution in [0.5, 0.6) is 11.5 Å². The van der Waals surface area contributed by atoms with E-state index in [4.69, 9.17) is 9.47 Å². The summed E-state index contributed by atoms with van der Waals surface area (Å²) in [6, 6.07) is 15.7. The summed E-state index contributed by atoms with van der Waals surface area (Å²) in [6.45, 7) is 5.23. The first-order chi connectivity index (χ1) is 20.5.